The van der Waals surface area contributed by atoms with Gasteiger partial charge in [0.1, 0.15) is 11.6 Å². The van der Waals surface area contributed by atoms with Crippen molar-refractivity contribution < 1.29 is 23.1 Å². The number of nitrogens with one attached hydrogen (secondary N) is 1. The summed E-state index contributed by atoms with van der Waals surface area (Å²) in [6.07, 6.45) is 2.62. The molecule has 0 aliphatic carbocycles. The predicted octanol–water partition coefficient (Wildman–Crippen LogP) is 3.81. The molecule has 4 nitrogen and oxygen atoms in total. The highest BCUT2D eigenvalue weighted by Crippen LogP contribution is 2.13. The van der Waals surface area contributed by atoms with Crippen LogP contribution in [0.25, 0.3) is 6.08 Å². The lowest BCUT2D eigenvalue weighted by molar-refractivity contribution is -0.142. The Kier molecular flexibility index (Phi) is 6.03. The third kappa shape index (κ3) is 5.81. The summed E-state index contributed by atoms with van der Waals surface area (Å²) >= 11 is 5.81. The smallest absolute Gasteiger partial charge is 0.331 e. The van der Waals surface area contributed by atoms with E-state index < -0.39 is 30.1 Å². The quantitative estimate of drug-likeness (QED) is 0.658. The van der Waals surface area contributed by atoms with Gasteiger partial charge in [0.25, 0.3) is 5.91 Å². The number of benzene rings is 2. The molecule has 0 radical (unpaired) electrons. The molecule has 24 heavy (non-hydrogen) atoms. The van der Waals surface area contributed by atoms with Crippen LogP contribution in [-0.4, -0.2) is 18.5 Å². The van der Waals surface area contributed by atoms with Crippen molar-refractivity contribution in [3.63, 3.8) is 0 Å². The molecule has 1 N–H and O–H groups in total. The van der Waals surface area contributed by atoms with Crippen LogP contribution in [-0.2, 0) is 14.3 Å². The van der Waals surface area contributed by atoms with Gasteiger partial charge in [-0.05, 0) is 35.9 Å². The van der Waals surface area contributed by atoms with E-state index in [2.05, 4.69) is 5.32 Å². The van der Waals surface area contributed by atoms with Gasteiger partial charge in [-0.1, -0.05) is 23.7 Å². The van der Waals surface area contributed by atoms with E-state index in [0.29, 0.717) is 16.7 Å². The molecule has 124 valence electrons. The van der Waals surface area contributed by atoms with Crippen molar-refractivity contribution >= 4 is 35.2 Å². The van der Waals surface area contributed by atoms with E-state index in [9.17, 15) is 18.4 Å². The molecule has 2 aromatic carbocycles. The van der Waals surface area contributed by atoms with Crippen LogP contribution in [0.3, 0.4) is 0 Å². The van der Waals surface area contributed by atoms with Gasteiger partial charge in [-0.2, -0.15) is 0 Å². The molecule has 0 bridgehead atoms. The summed E-state index contributed by atoms with van der Waals surface area (Å²) in [6, 6.07) is 9.37. The fourth-order valence-corrected chi connectivity index (χ4v) is 1.98. The minimum atomic E-state index is -0.827. The van der Waals surface area contributed by atoms with Crippen LogP contribution < -0.4 is 5.32 Å². The third-order valence-corrected chi connectivity index (χ3v) is 2.99. The summed E-state index contributed by atoms with van der Waals surface area (Å²) in [6.45, 7) is -0.586. The standard InChI is InChI=1S/C17H12ClF2NO3/c18-12-3-1-2-11(6-12)4-5-17(23)24-10-16(22)21-15-8-13(19)7-14(20)9-15/h1-9H,10H2,(H,21,22)/b5-4+. The van der Waals surface area contributed by atoms with E-state index >= 15 is 0 Å². The fourth-order valence-electron chi connectivity index (χ4n) is 1.78. The second-order valence-corrected chi connectivity index (χ2v) is 5.14. The topological polar surface area (TPSA) is 55.4 Å². The molecule has 0 atom stereocenters. The van der Waals surface area contributed by atoms with Crippen LogP contribution in [0.15, 0.2) is 48.5 Å². The number of ether oxygens (including phenoxy) is 1. The summed E-state index contributed by atoms with van der Waals surface area (Å²) in [5.41, 5.74) is 0.627. The minimum Gasteiger partial charge on any atom is -0.452 e. The monoisotopic (exact) mass is 351 g/mol. The number of esters is 1. The van der Waals surface area contributed by atoms with Crippen molar-refractivity contribution in [3.8, 4) is 0 Å². The Bertz CT molecular complexity index is 773. The Morgan fingerprint density at radius 1 is 1.12 bits per heavy atom. The average Bonchev–Trinajstić information content (AvgIpc) is 2.50. The maximum Gasteiger partial charge on any atom is 0.331 e. The first-order valence-corrected chi connectivity index (χ1v) is 7.16. The molecule has 0 unspecified atom stereocenters. The first kappa shape index (κ1) is 17.6. The van der Waals surface area contributed by atoms with Gasteiger partial charge in [0.2, 0.25) is 0 Å². The predicted molar refractivity (Wildman–Crippen MR) is 86.4 cm³/mol. The molecule has 0 aliphatic rings. The van der Waals surface area contributed by atoms with Crippen molar-refractivity contribution in [1.82, 2.24) is 0 Å². The Hall–Kier alpha value is -2.73. The minimum absolute atomic E-state index is 0.0666. The SMILES string of the molecule is O=C(COC(=O)/C=C/c1cccc(Cl)c1)Nc1cc(F)cc(F)c1. The number of amides is 1. The number of halogens is 3. The van der Waals surface area contributed by atoms with Crippen molar-refractivity contribution in [2.45, 2.75) is 0 Å². The molecule has 1 amide bonds. The Balaban J connectivity index is 1.83. The van der Waals surface area contributed by atoms with E-state index in [1.807, 2.05) is 0 Å². The van der Waals surface area contributed by atoms with Crippen molar-refractivity contribution in [2.75, 3.05) is 11.9 Å². The molecule has 0 saturated heterocycles. The van der Waals surface area contributed by atoms with Crippen LogP contribution >= 0.6 is 11.6 Å². The molecule has 7 heteroatoms. The molecule has 0 fully saturated rings. The van der Waals surface area contributed by atoms with Gasteiger partial charge in [-0.15, -0.1) is 0 Å². The van der Waals surface area contributed by atoms with Gasteiger partial charge >= 0.3 is 5.97 Å². The highest BCUT2D eigenvalue weighted by molar-refractivity contribution is 6.30. The molecular weight excluding hydrogens is 340 g/mol. The lowest BCUT2D eigenvalue weighted by Crippen LogP contribution is -2.20. The van der Waals surface area contributed by atoms with Gasteiger partial charge in [-0.25, -0.2) is 13.6 Å². The molecule has 2 aromatic rings. The molecule has 0 aromatic heterocycles. The first-order chi connectivity index (χ1) is 11.4. The number of carbonyl (C=O) groups excluding carboxylic acids is 2. The van der Waals surface area contributed by atoms with E-state index in [1.54, 1.807) is 24.3 Å². The molecule has 0 aliphatic heterocycles. The lowest BCUT2D eigenvalue weighted by Gasteiger charge is -2.05. The second-order valence-electron chi connectivity index (χ2n) is 4.70. The normalized spacial score (nSPS) is 10.6. The van der Waals surface area contributed by atoms with Gasteiger partial charge in [0.05, 0.1) is 0 Å². The highest BCUT2D eigenvalue weighted by Gasteiger charge is 2.07. The average molecular weight is 352 g/mol. The zero-order valence-electron chi connectivity index (χ0n) is 12.3. The second kappa shape index (κ2) is 8.21. The van der Waals surface area contributed by atoms with Gasteiger partial charge < -0.3 is 10.1 Å². The number of hydrogen-bond acceptors (Lipinski definition) is 3. The summed E-state index contributed by atoms with van der Waals surface area (Å²) in [5.74, 6) is -3.11. The molecule has 0 spiro atoms. The first-order valence-electron chi connectivity index (χ1n) is 6.79. The Labute approximate surface area is 141 Å². The van der Waals surface area contributed by atoms with Crippen LogP contribution in [0.2, 0.25) is 5.02 Å². The number of carbonyl (C=O) groups is 2. The highest BCUT2D eigenvalue weighted by atomic mass is 35.5. The van der Waals surface area contributed by atoms with E-state index in [-0.39, 0.29) is 5.69 Å². The molecular formula is C17H12ClF2NO3. The van der Waals surface area contributed by atoms with Crippen LogP contribution in [0.1, 0.15) is 5.56 Å². The van der Waals surface area contributed by atoms with Gasteiger partial charge in [0, 0.05) is 22.9 Å². The van der Waals surface area contributed by atoms with Gasteiger partial charge in [0.15, 0.2) is 6.61 Å². The maximum absolute atomic E-state index is 13.0. The number of rotatable bonds is 5. The van der Waals surface area contributed by atoms with Crippen molar-refractivity contribution in [3.05, 3.63) is 70.8 Å². The van der Waals surface area contributed by atoms with E-state index in [1.165, 1.54) is 6.08 Å². The molecule has 2 rings (SSSR count). The van der Waals surface area contributed by atoms with Crippen LogP contribution in [0.5, 0.6) is 0 Å². The Morgan fingerprint density at radius 2 is 1.83 bits per heavy atom. The summed E-state index contributed by atoms with van der Waals surface area (Å²) in [7, 11) is 0. The lowest BCUT2D eigenvalue weighted by atomic mass is 10.2. The summed E-state index contributed by atoms with van der Waals surface area (Å²) < 4.78 is 30.7. The summed E-state index contributed by atoms with van der Waals surface area (Å²) in [4.78, 5) is 23.1. The third-order valence-electron chi connectivity index (χ3n) is 2.75. The fraction of sp³-hybridized carbons (Fsp3) is 0.0588. The maximum atomic E-state index is 13.0. The zero-order chi connectivity index (χ0) is 17.5. The largest absolute Gasteiger partial charge is 0.452 e. The molecule has 0 saturated carbocycles. The zero-order valence-corrected chi connectivity index (χ0v) is 13.0. The van der Waals surface area contributed by atoms with E-state index in [4.69, 9.17) is 16.3 Å². The summed E-state index contributed by atoms with van der Waals surface area (Å²) in [5, 5.41) is 2.74. The van der Waals surface area contributed by atoms with Crippen molar-refractivity contribution in [2.24, 2.45) is 0 Å². The van der Waals surface area contributed by atoms with Gasteiger partial charge in [-0.3, -0.25) is 4.79 Å². The van der Waals surface area contributed by atoms with E-state index in [0.717, 1.165) is 18.2 Å². The van der Waals surface area contributed by atoms with Crippen LogP contribution in [0.4, 0.5) is 14.5 Å². The van der Waals surface area contributed by atoms with Crippen LogP contribution in [0, 0.1) is 11.6 Å². The Morgan fingerprint density at radius 3 is 2.50 bits per heavy atom. The number of anilines is 1. The van der Waals surface area contributed by atoms with Crippen molar-refractivity contribution in [1.29, 1.82) is 0 Å². The number of hydrogen-bond donors (Lipinski definition) is 1. The molecule has 0 heterocycles.